The molecule has 0 saturated heterocycles. The second-order valence-corrected chi connectivity index (χ2v) is 5.77. The monoisotopic (exact) mass is 372 g/mol. The second kappa shape index (κ2) is 6.34. The number of carbonyl (C=O) groups excluding carboxylic acids is 1. The number of rotatable bonds is 3. The van der Waals surface area contributed by atoms with Crippen molar-refractivity contribution in [2.24, 2.45) is 0 Å². The molecular weight excluding hydrogens is 360 g/mol. The molecule has 0 radical (unpaired) electrons. The van der Waals surface area contributed by atoms with Gasteiger partial charge in [0.05, 0.1) is 5.39 Å². The van der Waals surface area contributed by atoms with Gasteiger partial charge in [0.15, 0.2) is 5.69 Å². The zero-order valence-corrected chi connectivity index (χ0v) is 13.9. The SMILES string of the molecule is CCn1nc(C(=O)Oc2ccc(Br)cc2)c2ccccc2c1=O. The molecule has 0 amide bonds. The number of carbonyl (C=O) groups is 1. The van der Waals surface area contributed by atoms with E-state index in [1.807, 2.05) is 0 Å². The Balaban J connectivity index is 2.08. The van der Waals surface area contributed by atoms with Crippen molar-refractivity contribution < 1.29 is 9.53 Å². The smallest absolute Gasteiger partial charge is 0.364 e. The molecule has 1 aromatic heterocycles. The number of esters is 1. The van der Waals surface area contributed by atoms with Crippen LogP contribution in [0, 0.1) is 0 Å². The quantitative estimate of drug-likeness (QED) is 0.522. The lowest BCUT2D eigenvalue weighted by atomic mass is 10.1. The number of fused-ring (bicyclic) bond motifs is 1. The highest BCUT2D eigenvalue weighted by molar-refractivity contribution is 9.10. The van der Waals surface area contributed by atoms with Crippen molar-refractivity contribution in [1.82, 2.24) is 9.78 Å². The Morgan fingerprint density at radius 3 is 2.43 bits per heavy atom. The molecule has 0 atom stereocenters. The van der Waals surface area contributed by atoms with E-state index in [1.165, 1.54) is 4.68 Å². The number of halogens is 1. The Kier molecular flexibility index (Phi) is 4.25. The molecule has 116 valence electrons. The molecule has 0 bridgehead atoms. The molecule has 6 heteroatoms. The van der Waals surface area contributed by atoms with Crippen molar-refractivity contribution in [3.63, 3.8) is 0 Å². The topological polar surface area (TPSA) is 61.2 Å². The molecule has 5 nitrogen and oxygen atoms in total. The lowest BCUT2D eigenvalue weighted by Gasteiger charge is -2.09. The van der Waals surface area contributed by atoms with Crippen LogP contribution >= 0.6 is 15.9 Å². The van der Waals surface area contributed by atoms with Crippen LogP contribution in [0.3, 0.4) is 0 Å². The normalized spacial score (nSPS) is 10.7. The molecule has 0 spiro atoms. The van der Waals surface area contributed by atoms with E-state index in [4.69, 9.17) is 4.74 Å². The van der Waals surface area contributed by atoms with Crippen molar-refractivity contribution in [3.05, 3.63) is 69.1 Å². The van der Waals surface area contributed by atoms with Crippen LogP contribution < -0.4 is 10.3 Å². The minimum absolute atomic E-state index is 0.130. The summed E-state index contributed by atoms with van der Waals surface area (Å²) in [5.41, 5.74) is -0.0896. The Bertz CT molecular complexity index is 933. The number of nitrogens with zero attached hydrogens (tertiary/aromatic N) is 2. The fourth-order valence-corrected chi connectivity index (χ4v) is 2.52. The largest absolute Gasteiger partial charge is 0.422 e. The highest BCUT2D eigenvalue weighted by Gasteiger charge is 2.18. The van der Waals surface area contributed by atoms with Gasteiger partial charge >= 0.3 is 5.97 Å². The summed E-state index contributed by atoms with van der Waals surface area (Å²) in [7, 11) is 0. The lowest BCUT2D eigenvalue weighted by molar-refractivity contribution is 0.0728. The summed E-state index contributed by atoms with van der Waals surface area (Å²) < 4.78 is 7.52. The number of aromatic nitrogens is 2. The van der Waals surface area contributed by atoms with E-state index in [0.29, 0.717) is 23.1 Å². The minimum Gasteiger partial charge on any atom is -0.422 e. The second-order valence-electron chi connectivity index (χ2n) is 4.86. The minimum atomic E-state index is -0.592. The van der Waals surface area contributed by atoms with Gasteiger partial charge in [0.1, 0.15) is 5.75 Å². The summed E-state index contributed by atoms with van der Waals surface area (Å²) in [5, 5.41) is 5.09. The summed E-state index contributed by atoms with van der Waals surface area (Å²) in [6.07, 6.45) is 0. The predicted molar refractivity (Wildman–Crippen MR) is 90.8 cm³/mol. The average molecular weight is 373 g/mol. The van der Waals surface area contributed by atoms with Gasteiger partial charge in [-0.05, 0) is 37.3 Å². The molecule has 0 N–H and O–H groups in total. The lowest BCUT2D eigenvalue weighted by Crippen LogP contribution is -2.26. The van der Waals surface area contributed by atoms with E-state index < -0.39 is 5.97 Å². The fourth-order valence-electron chi connectivity index (χ4n) is 2.26. The average Bonchev–Trinajstić information content (AvgIpc) is 2.57. The third-order valence-corrected chi connectivity index (χ3v) is 3.91. The van der Waals surface area contributed by atoms with E-state index in [1.54, 1.807) is 55.5 Å². The van der Waals surface area contributed by atoms with Crippen molar-refractivity contribution in [3.8, 4) is 5.75 Å². The van der Waals surface area contributed by atoms with E-state index in [9.17, 15) is 9.59 Å². The van der Waals surface area contributed by atoms with Crippen molar-refractivity contribution in [2.75, 3.05) is 0 Å². The molecule has 2 aromatic carbocycles. The molecule has 3 rings (SSSR count). The Labute approximate surface area is 140 Å². The molecule has 0 aliphatic carbocycles. The number of benzene rings is 2. The van der Waals surface area contributed by atoms with Crippen molar-refractivity contribution in [2.45, 2.75) is 13.5 Å². The first-order chi connectivity index (χ1) is 11.1. The molecule has 0 aliphatic rings. The molecule has 3 aromatic rings. The summed E-state index contributed by atoms with van der Waals surface area (Å²) in [4.78, 5) is 24.8. The number of hydrogen-bond acceptors (Lipinski definition) is 4. The van der Waals surface area contributed by atoms with Gasteiger partial charge in [-0.25, -0.2) is 9.48 Å². The van der Waals surface area contributed by atoms with Crippen LogP contribution in [0.25, 0.3) is 10.8 Å². The van der Waals surface area contributed by atoms with E-state index in [2.05, 4.69) is 21.0 Å². The fraction of sp³-hybridized carbons (Fsp3) is 0.118. The van der Waals surface area contributed by atoms with Gasteiger partial charge in [-0.3, -0.25) is 4.79 Å². The predicted octanol–water partition coefficient (Wildman–Crippen LogP) is 3.40. The zero-order chi connectivity index (χ0) is 16.4. The van der Waals surface area contributed by atoms with Gasteiger partial charge in [0.2, 0.25) is 0 Å². The third-order valence-electron chi connectivity index (χ3n) is 3.38. The van der Waals surface area contributed by atoms with Crippen LogP contribution in [0.1, 0.15) is 17.4 Å². The van der Waals surface area contributed by atoms with Crippen LogP contribution in [0.4, 0.5) is 0 Å². The van der Waals surface area contributed by atoms with Crippen LogP contribution in [0.2, 0.25) is 0 Å². The Morgan fingerprint density at radius 2 is 1.78 bits per heavy atom. The first-order valence-corrected chi connectivity index (χ1v) is 7.87. The highest BCUT2D eigenvalue weighted by atomic mass is 79.9. The number of aryl methyl sites for hydroxylation is 1. The Hall–Kier alpha value is -2.47. The van der Waals surface area contributed by atoms with Gasteiger partial charge in [0.25, 0.3) is 5.56 Å². The van der Waals surface area contributed by atoms with Crippen molar-refractivity contribution >= 4 is 32.7 Å². The van der Waals surface area contributed by atoms with Gasteiger partial charge in [-0.1, -0.05) is 34.1 Å². The zero-order valence-electron chi connectivity index (χ0n) is 12.3. The number of hydrogen-bond donors (Lipinski definition) is 0. The molecule has 0 aliphatic heterocycles. The first-order valence-electron chi connectivity index (χ1n) is 7.07. The summed E-state index contributed by atoms with van der Waals surface area (Å²) in [6, 6.07) is 13.8. The molecule has 1 heterocycles. The molecule has 0 unspecified atom stereocenters. The molecular formula is C17H13BrN2O3. The molecule has 0 saturated carbocycles. The van der Waals surface area contributed by atoms with E-state index in [-0.39, 0.29) is 11.3 Å². The number of ether oxygens (including phenoxy) is 1. The standard InChI is InChI=1S/C17H13BrN2O3/c1-2-20-16(21)14-6-4-3-5-13(14)15(19-20)17(22)23-12-9-7-11(18)8-10-12/h3-10H,2H2,1H3. The van der Waals surface area contributed by atoms with Gasteiger partial charge in [-0.2, -0.15) is 5.10 Å². The van der Waals surface area contributed by atoms with E-state index in [0.717, 1.165) is 4.47 Å². The maximum Gasteiger partial charge on any atom is 0.364 e. The van der Waals surface area contributed by atoms with Crippen molar-refractivity contribution in [1.29, 1.82) is 0 Å². The Morgan fingerprint density at radius 1 is 1.13 bits per heavy atom. The first kappa shape index (κ1) is 15.4. The van der Waals surface area contributed by atoms with Crippen LogP contribution in [0.15, 0.2) is 57.8 Å². The van der Waals surface area contributed by atoms with Crippen LogP contribution in [-0.2, 0) is 6.54 Å². The van der Waals surface area contributed by atoms with Gasteiger partial charge in [-0.15, -0.1) is 0 Å². The highest BCUT2D eigenvalue weighted by Crippen LogP contribution is 2.19. The van der Waals surface area contributed by atoms with Gasteiger partial charge < -0.3 is 4.74 Å². The maximum atomic E-state index is 12.5. The summed E-state index contributed by atoms with van der Waals surface area (Å²) in [5.74, 6) is -0.177. The molecule has 23 heavy (non-hydrogen) atoms. The van der Waals surface area contributed by atoms with Gasteiger partial charge in [0, 0.05) is 16.4 Å². The van der Waals surface area contributed by atoms with Crippen LogP contribution in [-0.4, -0.2) is 15.7 Å². The molecule has 0 fully saturated rings. The maximum absolute atomic E-state index is 12.5. The summed E-state index contributed by atoms with van der Waals surface area (Å²) >= 11 is 3.33. The van der Waals surface area contributed by atoms with E-state index >= 15 is 0 Å². The van der Waals surface area contributed by atoms with Crippen LogP contribution in [0.5, 0.6) is 5.75 Å². The third kappa shape index (κ3) is 3.03. The summed E-state index contributed by atoms with van der Waals surface area (Å²) in [6.45, 7) is 2.18.